The summed E-state index contributed by atoms with van der Waals surface area (Å²) in [6.07, 6.45) is 1.59. The molecule has 3 aromatic rings. The van der Waals surface area contributed by atoms with Crippen molar-refractivity contribution < 1.29 is 14.7 Å². The number of fused-ring (bicyclic) bond motifs is 1. The van der Waals surface area contributed by atoms with E-state index in [4.69, 9.17) is 0 Å². The number of hydrogen-bond acceptors (Lipinski definition) is 3. The molecule has 2 N–H and O–H groups in total. The highest BCUT2D eigenvalue weighted by Crippen LogP contribution is 2.39. The summed E-state index contributed by atoms with van der Waals surface area (Å²) in [6.45, 7) is 3.22. The second-order valence-electron chi connectivity index (χ2n) is 9.55. The minimum absolute atomic E-state index is 0.00959. The lowest BCUT2D eigenvalue weighted by atomic mass is 9.88. The van der Waals surface area contributed by atoms with Gasteiger partial charge in [-0.1, -0.05) is 48.5 Å². The molecule has 6 nitrogen and oxygen atoms in total. The van der Waals surface area contributed by atoms with Crippen LogP contribution in [0.3, 0.4) is 0 Å². The average Bonchev–Trinajstić information content (AvgIpc) is 2.89. The van der Waals surface area contributed by atoms with E-state index in [-0.39, 0.29) is 18.0 Å². The molecule has 2 heterocycles. The smallest absolute Gasteiger partial charge is 0.407 e. The van der Waals surface area contributed by atoms with Crippen LogP contribution < -0.4 is 10.2 Å². The van der Waals surface area contributed by atoms with E-state index in [1.165, 1.54) is 10.5 Å². The van der Waals surface area contributed by atoms with Crippen LogP contribution in [0.15, 0.2) is 78.9 Å². The van der Waals surface area contributed by atoms with Gasteiger partial charge >= 0.3 is 6.09 Å². The monoisotopic (exact) mass is 469 g/mol. The molecule has 2 aliphatic rings. The second-order valence-corrected chi connectivity index (χ2v) is 9.55. The van der Waals surface area contributed by atoms with Gasteiger partial charge < -0.3 is 20.2 Å². The van der Waals surface area contributed by atoms with E-state index < -0.39 is 6.09 Å². The first kappa shape index (κ1) is 23.0. The van der Waals surface area contributed by atoms with Crippen LogP contribution in [0.4, 0.5) is 16.2 Å². The van der Waals surface area contributed by atoms with Crippen molar-refractivity contribution in [3.8, 4) is 0 Å². The molecule has 0 saturated carbocycles. The second kappa shape index (κ2) is 9.82. The van der Waals surface area contributed by atoms with Gasteiger partial charge in [-0.2, -0.15) is 0 Å². The predicted octanol–water partition coefficient (Wildman–Crippen LogP) is 6.14. The van der Waals surface area contributed by atoms with E-state index in [1.54, 1.807) is 0 Å². The molecule has 3 aromatic carbocycles. The molecule has 1 saturated heterocycles. The Kier molecular flexibility index (Phi) is 6.45. The van der Waals surface area contributed by atoms with Gasteiger partial charge in [-0.15, -0.1) is 0 Å². The van der Waals surface area contributed by atoms with E-state index >= 15 is 0 Å². The lowest BCUT2D eigenvalue weighted by molar-refractivity contribution is 0.0973. The number of carbonyl (C=O) groups excluding carboxylic acids is 1. The fraction of sp³-hybridized carbons (Fsp3) is 0.310. The Morgan fingerprint density at radius 3 is 2.23 bits per heavy atom. The maximum atomic E-state index is 13.7. The summed E-state index contributed by atoms with van der Waals surface area (Å²) in [5.41, 5.74) is 5.00. The van der Waals surface area contributed by atoms with Gasteiger partial charge in [0.05, 0.1) is 6.04 Å². The van der Waals surface area contributed by atoms with Gasteiger partial charge in [0.2, 0.25) is 0 Å². The number of nitrogens with zero attached hydrogens (tertiary/aromatic N) is 2. The first-order valence-electron chi connectivity index (χ1n) is 12.3. The van der Waals surface area contributed by atoms with Crippen molar-refractivity contribution in [2.24, 2.45) is 0 Å². The van der Waals surface area contributed by atoms with Crippen LogP contribution in [-0.4, -0.2) is 41.1 Å². The van der Waals surface area contributed by atoms with Crippen molar-refractivity contribution in [2.75, 3.05) is 23.3 Å². The molecule has 0 radical (unpaired) electrons. The zero-order chi connectivity index (χ0) is 24.4. The van der Waals surface area contributed by atoms with E-state index in [0.717, 1.165) is 36.2 Å². The van der Waals surface area contributed by atoms with Gasteiger partial charge in [-0.25, -0.2) is 4.79 Å². The summed E-state index contributed by atoms with van der Waals surface area (Å²) < 4.78 is 0. The number of para-hydroxylation sites is 2. The number of piperidine rings is 1. The standard InChI is InChI=1S/C29H31N3O3/c1-20-19-26(30-24-7-3-2-4-8-24)25-9-5-6-10-27(25)32(20)28(33)23-13-11-21(12-14-23)22-15-17-31(18-16-22)29(34)35/h2-14,20,22,26,30H,15-19H2,1H3,(H,34,35)/t20-,26+/m0/s1. The summed E-state index contributed by atoms with van der Waals surface area (Å²) in [5.74, 6) is 0.338. The molecule has 0 bridgehead atoms. The van der Waals surface area contributed by atoms with E-state index in [2.05, 4.69) is 30.4 Å². The molecule has 1 fully saturated rings. The zero-order valence-electron chi connectivity index (χ0n) is 19.9. The third-order valence-corrected chi connectivity index (χ3v) is 7.32. The van der Waals surface area contributed by atoms with Gasteiger partial charge in [0, 0.05) is 36.1 Å². The van der Waals surface area contributed by atoms with E-state index in [9.17, 15) is 14.7 Å². The molecule has 180 valence electrons. The van der Waals surface area contributed by atoms with Crippen LogP contribution in [0.2, 0.25) is 0 Å². The number of anilines is 2. The van der Waals surface area contributed by atoms with Crippen LogP contribution in [0, 0.1) is 0 Å². The number of rotatable bonds is 4. The predicted molar refractivity (Wildman–Crippen MR) is 138 cm³/mol. The SMILES string of the molecule is C[C@H]1C[C@@H](Nc2ccccc2)c2ccccc2N1C(=O)c1ccc(C2CCN(C(=O)O)CC2)cc1. The number of likely N-dealkylation sites (tertiary alicyclic amines) is 1. The zero-order valence-corrected chi connectivity index (χ0v) is 19.9. The maximum absolute atomic E-state index is 13.7. The number of amides is 2. The van der Waals surface area contributed by atoms with Crippen LogP contribution in [0.25, 0.3) is 0 Å². The summed E-state index contributed by atoms with van der Waals surface area (Å²) >= 11 is 0. The highest BCUT2D eigenvalue weighted by Gasteiger charge is 2.34. The molecule has 2 aliphatic heterocycles. The molecule has 0 spiro atoms. The van der Waals surface area contributed by atoms with Gasteiger partial charge in [0.1, 0.15) is 0 Å². The molecule has 0 aromatic heterocycles. The highest BCUT2D eigenvalue weighted by molar-refractivity contribution is 6.07. The number of nitrogens with one attached hydrogen (secondary N) is 1. The van der Waals surface area contributed by atoms with Gasteiger partial charge in [-0.05, 0) is 73.6 Å². The van der Waals surface area contributed by atoms with Crippen LogP contribution in [0.1, 0.15) is 59.6 Å². The molecule has 0 unspecified atom stereocenters. The first-order chi connectivity index (χ1) is 17.0. The minimum Gasteiger partial charge on any atom is -0.465 e. The van der Waals surface area contributed by atoms with E-state index in [1.807, 2.05) is 65.6 Å². The normalized spacial score (nSPS) is 20.3. The molecule has 35 heavy (non-hydrogen) atoms. The van der Waals surface area contributed by atoms with Gasteiger partial charge in [-0.3, -0.25) is 4.79 Å². The Balaban J connectivity index is 1.34. The quantitative estimate of drug-likeness (QED) is 0.482. The van der Waals surface area contributed by atoms with Crippen molar-refractivity contribution >= 4 is 23.4 Å². The lowest BCUT2D eigenvalue weighted by Gasteiger charge is -2.40. The van der Waals surface area contributed by atoms with Crippen molar-refractivity contribution in [1.29, 1.82) is 0 Å². The third-order valence-electron chi connectivity index (χ3n) is 7.32. The number of carboxylic acid groups (broad SMARTS) is 1. The average molecular weight is 470 g/mol. The topological polar surface area (TPSA) is 72.9 Å². The molecular formula is C29H31N3O3. The van der Waals surface area contributed by atoms with Crippen LogP contribution >= 0.6 is 0 Å². The Hall–Kier alpha value is -3.80. The summed E-state index contributed by atoms with van der Waals surface area (Å²) in [4.78, 5) is 28.3. The minimum atomic E-state index is -0.846. The molecular weight excluding hydrogens is 438 g/mol. The number of benzene rings is 3. The largest absolute Gasteiger partial charge is 0.465 e. The molecule has 2 amide bonds. The van der Waals surface area contributed by atoms with Crippen molar-refractivity contribution in [1.82, 2.24) is 4.90 Å². The van der Waals surface area contributed by atoms with Crippen molar-refractivity contribution in [3.63, 3.8) is 0 Å². The van der Waals surface area contributed by atoms with E-state index in [0.29, 0.717) is 24.6 Å². The molecule has 2 atom stereocenters. The number of carbonyl (C=O) groups is 2. The van der Waals surface area contributed by atoms with Crippen molar-refractivity contribution in [2.45, 2.75) is 44.2 Å². The first-order valence-corrected chi connectivity index (χ1v) is 12.3. The van der Waals surface area contributed by atoms with Crippen molar-refractivity contribution in [3.05, 3.63) is 95.6 Å². The van der Waals surface area contributed by atoms with Crippen LogP contribution in [-0.2, 0) is 0 Å². The summed E-state index contributed by atoms with van der Waals surface area (Å²) in [5, 5.41) is 12.8. The Morgan fingerprint density at radius 1 is 0.886 bits per heavy atom. The summed E-state index contributed by atoms with van der Waals surface area (Å²) in [7, 11) is 0. The highest BCUT2D eigenvalue weighted by atomic mass is 16.4. The third kappa shape index (κ3) is 4.74. The Bertz CT molecular complexity index is 1190. The summed E-state index contributed by atoms with van der Waals surface area (Å²) in [6, 6.07) is 26.4. The van der Waals surface area contributed by atoms with Gasteiger partial charge in [0.25, 0.3) is 5.91 Å². The lowest BCUT2D eigenvalue weighted by Crippen LogP contribution is -2.44. The Morgan fingerprint density at radius 2 is 1.54 bits per heavy atom. The van der Waals surface area contributed by atoms with Crippen LogP contribution in [0.5, 0.6) is 0 Å². The number of hydrogen-bond donors (Lipinski definition) is 2. The molecule has 0 aliphatic carbocycles. The molecule has 5 rings (SSSR count). The maximum Gasteiger partial charge on any atom is 0.407 e. The molecule has 6 heteroatoms. The fourth-order valence-corrected chi connectivity index (χ4v) is 5.44. The fourth-order valence-electron chi connectivity index (χ4n) is 5.44. The van der Waals surface area contributed by atoms with Gasteiger partial charge in [0.15, 0.2) is 0 Å². The Labute approximate surface area is 206 Å².